The molecule has 0 aliphatic carbocycles. The van der Waals surface area contributed by atoms with Crippen molar-refractivity contribution in [3.8, 4) is 0 Å². The van der Waals surface area contributed by atoms with E-state index < -0.39 is 17.5 Å². The Kier molecular flexibility index (Phi) is 6.24. The van der Waals surface area contributed by atoms with Gasteiger partial charge in [-0.25, -0.2) is 0 Å². The lowest BCUT2D eigenvalue weighted by Crippen LogP contribution is -2.49. The predicted molar refractivity (Wildman–Crippen MR) is 120 cm³/mol. The first-order valence-corrected chi connectivity index (χ1v) is 9.66. The summed E-state index contributed by atoms with van der Waals surface area (Å²) in [6.45, 7) is 0. The highest BCUT2D eigenvalue weighted by atomic mass is 16.7. The fourth-order valence-corrected chi connectivity index (χ4v) is 3.38. The van der Waals surface area contributed by atoms with Gasteiger partial charge in [0.2, 0.25) is 5.60 Å². The van der Waals surface area contributed by atoms with Crippen LogP contribution in [0.3, 0.4) is 0 Å². The van der Waals surface area contributed by atoms with Crippen molar-refractivity contribution in [2.45, 2.75) is 18.4 Å². The Balaban J connectivity index is 1.90. The fourth-order valence-electron chi connectivity index (χ4n) is 3.38. The van der Waals surface area contributed by atoms with E-state index in [1.54, 1.807) is 55.6 Å². The number of anilines is 1. The average molecular weight is 436 g/mol. The van der Waals surface area contributed by atoms with Crippen LogP contribution < -0.4 is 16.4 Å². The molecule has 6 N–H and O–H groups in total. The van der Waals surface area contributed by atoms with E-state index in [2.05, 4.69) is 5.16 Å². The number of nitrogen functional groups attached to an aromatic ring is 2. The first-order valence-electron chi connectivity index (χ1n) is 9.66. The lowest BCUT2D eigenvalue weighted by molar-refractivity contribution is -0.156. The van der Waals surface area contributed by atoms with Crippen molar-refractivity contribution in [3.63, 3.8) is 0 Å². The number of esters is 1. The zero-order chi connectivity index (χ0) is 23.5. The monoisotopic (exact) mass is 436 g/mol. The number of nitrogens with zero attached hydrogens (tertiary/aromatic N) is 2. The van der Waals surface area contributed by atoms with Crippen molar-refractivity contribution in [2.24, 2.45) is 16.6 Å². The second kappa shape index (κ2) is 8.88. The van der Waals surface area contributed by atoms with Crippen LogP contribution in [-0.4, -0.2) is 49.0 Å². The zero-order valence-corrected chi connectivity index (χ0v) is 17.7. The smallest absolute Gasteiger partial charge is 0.310 e. The highest BCUT2D eigenvalue weighted by molar-refractivity contribution is 6.10. The van der Waals surface area contributed by atoms with Crippen LogP contribution in [0.1, 0.15) is 29.5 Å². The van der Waals surface area contributed by atoms with Gasteiger partial charge < -0.3 is 25.9 Å². The minimum Gasteiger partial charge on any atom is -0.469 e. The third-order valence-corrected chi connectivity index (χ3v) is 5.21. The van der Waals surface area contributed by atoms with Crippen LogP contribution in [0, 0.1) is 10.8 Å². The molecule has 0 bridgehead atoms. The Morgan fingerprint density at radius 3 is 2.38 bits per heavy atom. The summed E-state index contributed by atoms with van der Waals surface area (Å²) in [7, 11) is 2.79. The van der Waals surface area contributed by atoms with Crippen LogP contribution in [0.25, 0.3) is 0 Å². The second-order valence-corrected chi connectivity index (χ2v) is 7.37. The van der Waals surface area contributed by atoms with Gasteiger partial charge in [-0.15, -0.1) is 0 Å². The molecule has 32 heavy (non-hydrogen) atoms. The molecule has 2 aromatic rings. The first-order chi connectivity index (χ1) is 15.2. The van der Waals surface area contributed by atoms with Crippen molar-refractivity contribution in [1.82, 2.24) is 0 Å². The van der Waals surface area contributed by atoms with Gasteiger partial charge in [-0.2, -0.15) is 0 Å². The number of rotatable bonds is 7. The Labute approximate surface area is 184 Å². The zero-order valence-electron chi connectivity index (χ0n) is 17.7. The molecule has 0 spiro atoms. The number of nitrogens with one attached hydrogen (secondary N) is 2. The van der Waals surface area contributed by atoms with Gasteiger partial charge >= 0.3 is 5.97 Å². The number of nitrogens with two attached hydrogens (primary N) is 2. The number of benzene rings is 2. The van der Waals surface area contributed by atoms with Crippen LogP contribution in [-0.2, 0) is 19.2 Å². The molecule has 1 aliphatic rings. The Hall–Kier alpha value is -4.21. The third kappa shape index (κ3) is 4.43. The summed E-state index contributed by atoms with van der Waals surface area (Å²) in [5.74, 6) is -1.29. The number of amides is 1. The van der Waals surface area contributed by atoms with Gasteiger partial charge in [0.25, 0.3) is 5.91 Å². The molecule has 1 unspecified atom stereocenters. The molecule has 1 aliphatic heterocycles. The van der Waals surface area contributed by atoms with Gasteiger partial charge in [-0.3, -0.25) is 20.4 Å². The molecular formula is C22H24N6O4. The van der Waals surface area contributed by atoms with E-state index in [9.17, 15) is 9.59 Å². The summed E-state index contributed by atoms with van der Waals surface area (Å²) in [6.07, 6.45) is -0.310. The van der Waals surface area contributed by atoms with Gasteiger partial charge in [-0.1, -0.05) is 23.4 Å². The largest absolute Gasteiger partial charge is 0.469 e. The van der Waals surface area contributed by atoms with Crippen LogP contribution in [0.2, 0.25) is 0 Å². The van der Waals surface area contributed by atoms with E-state index in [1.807, 2.05) is 0 Å². The van der Waals surface area contributed by atoms with Crippen LogP contribution >= 0.6 is 0 Å². The summed E-state index contributed by atoms with van der Waals surface area (Å²) in [4.78, 5) is 32.6. The maximum absolute atomic E-state index is 13.5. The summed E-state index contributed by atoms with van der Waals surface area (Å²) in [6, 6.07) is 13.4. The van der Waals surface area contributed by atoms with E-state index >= 15 is 0 Å². The van der Waals surface area contributed by atoms with E-state index in [0.717, 1.165) is 0 Å². The summed E-state index contributed by atoms with van der Waals surface area (Å²) < 4.78 is 4.78. The molecule has 0 saturated heterocycles. The maximum Gasteiger partial charge on any atom is 0.310 e. The molecule has 1 amide bonds. The third-order valence-electron chi connectivity index (χ3n) is 5.21. The Morgan fingerprint density at radius 1 is 1.12 bits per heavy atom. The molecule has 0 fully saturated rings. The second-order valence-electron chi connectivity index (χ2n) is 7.37. The van der Waals surface area contributed by atoms with E-state index in [-0.39, 0.29) is 24.5 Å². The summed E-state index contributed by atoms with van der Waals surface area (Å²) in [5, 5.41) is 19.2. The first kappa shape index (κ1) is 22.5. The SMILES string of the molecule is COC(=O)CC1(C(=O)N(C)c2ccc(C(=N)N)cc2)CC(c2cccc(C(=N)N)c2)=NO1. The predicted octanol–water partition coefficient (Wildman–Crippen LogP) is 1.34. The van der Waals surface area contributed by atoms with Crippen molar-refractivity contribution >= 4 is 34.9 Å². The molecule has 10 heteroatoms. The quantitative estimate of drug-likeness (QED) is 0.290. The molecular weight excluding hydrogens is 412 g/mol. The van der Waals surface area contributed by atoms with E-state index in [4.69, 9.17) is 31.9 Å². The maximum atomic E-state index is 13.5. The normalized spacial score (nSPS) is 17.1. The Bertz CT molecular complexity index is 1110. The average Bonchev–Trinajstić information content (AvgIpc) is 3.23. The number of methoxy groups -OCH3 is 1. The number of carbonyl (C=O) groups is 2. The number of hydrogen-bond donors (Lipinski definition) is 4. The number of ether oxygens (including phenoxy) is 1. The fraction of sp³-hybridized carbons (Fsp3) is 0.227. The molecule has 1 heterocycles. The van der Waals surface area contributed by atoms with Crippen molar-refractivity contribution in [2.75, 3.05) is 19.1 Å². The molecule has 0 saturated carbocycles. The highest BCUT2D eigenvalue weighted by Crippen LogP contribution is 2.34. The lowest BCUT2D eigenvalue weighted by Gasteiger charge is -2.29. The van der Waals surface area contributed by atoms with Crippen molar-refractivity contribution in [1.29, 1.82) is 10.8 Å². The van der Waals surface area contributed by atoms with Crippen LogP contribution in [0.4, 0.5) is 5.69 Å². The number of likely N-dealkylation sites (N-methyl/N-ethyl adjacent to an activating group) is 1. The van der Waals surface area contributed by atoms with Gasteiger partial charge in [0, 0.05) is 35.8 Å². The van der Waals surface area contributed by atoms with E-state index in [1.165, 1.54) is 12.0 Å². The van der Waals surface area contributed by atoms with Gasteiger partial charge in [-0.05, 0) is 30.3 Å². The standard InChI is InChI=1S/C22H24N6O4/c1-28(16-8-6-13(7-9-16)19(23)24)21(30)22(12-18(29)31-2)11-17(27-32-22)14-4-3-5-15(10-14)20(25)26/h3-10H,11-12H2,1-2H3,(H3,23,24)(H3,25,26). The molecule has 3 rings (SSSR count). The molecule has 0 aromatic heterocycles. The van der Waals surface area contributed by atoms with Gasteiger partial charge in [0.1, 0.15) is 11.7 Å². The van der Waals surface area contributed by atoms with E-state index in [0.29, 0.717) is 28.1 Å². The Morgan fingerprint density at radius 2 is 1.78 bits per heavy atom. The summed E-state index contributed by atoms with van der Waals surface area (Å²) >= 11 is 0. The highest BCUT2D eigenvalue weighted by Gasteiger charge is 2.50. The van der Waals surface area contributed by atoms with Crippen LogP contribution in [0.15, 0.2) is 53.7 Å². The number of hydrogen-bond acceptors (Lipinski definition) is 7. The van der Waals surface area contributed by atoms with Gasteiger partial charge in [0.15, 0.2) is 0 Å². The number of oxime groups is 1. The minimum atomic E-state index is -1.59. The number of amidine groups is 2. The minimum absolute atomic E-state index is 0.0260. The van der Waals surface area contributed by atoms with Crippen molar-refractivity contribution in [3.05, 3.63) is 65.2 Å². The molecule has 10 nitrogen and oxygen atoms in total. The molecule has 0 radical (unpaired) electrons. The molecule has 2 aromatic carbocycles. The van der Waals surface area contributed by atoms with Crippen molar-refractivity contribution < 1.29 is 19.2 Å². The van der Waals surface area contributed by atoms with Crippen LogP contribution in [0.5, 0.6) is 0 Å². The van der Waals surface area contributed by atoms with Gasteiger partial charge in [0.05, 0.1) is 19.2 Å². The topological polar surface area (TPSA) is 168 Å². The molecule has 1 atom stereocenters. The summed E-state index contributed by atoms with van der Waals surface area (Å²) in [5.41, 5.74) is 12.1. The molecule has 166 valence electrons. The number of carbonyl (C=O) groups excluding carboxylic acids is 2. The lowest BCUT2D eigenvalue weighted by atomic mass is 9.89.